The van der Waals surface area contributed by atoms with Gasteiger partial charge in [0, 0.05) is 0 Å². The Hall–Kier alpha value is -2.08. The number of hydrogen-bond acceptors (Lipinski definition) is 4. The molecule has 6 nitrogen and oxygen atoms in total. The Morgan fingerprint density at radius 2 is 2.10 bits per heavy atom. The topological polar surface area (TPSA) is 90.6 Å². The number of carbonyl (C=O) groups is 2. The quantitative estimate of drug-likeness (QED) is 0.796. The summed E-state index contributed by atoms with van der Waals surface area (Å²) in [4.78, 5) is 23.0. The molecule has 1 aliphatic rings. The zero-order valence-electron chi connectivity index (χ0n) is 12.3. The molecule has 1 aliphatic heterocycles. The van der Waals surface area contributed by atoms with Crippen molar-refractivity contribution in [2.75, 3.05) is 19.8 Å². The first-order valence-corrected chi connectivity index (χ1v) is 6.78. The summed E-state index contributed by atoms with van der Waals surface area (Å²) in [6.45, 7) is 4.41. The molecule has 1 aromatic carbocycles. The second-order valence-electron chi connectivity index (χ2n) is 5.45. The Labute approximate surface area is 123 Å². The normalized spacial score (nSPS) is 15.9. The van der Waals surface area contributed by atoms with Crippen LogP contribution in [-0.2, 0) is 14.3 Å². The lowest BCUT2D eigenvalue weighted by Crippen LogP contribution is -2.64. The average Bonchev–Trinajstić information content (AvgIpc) is 2.37. The third-order valence-electron chi connectivity index (χ3n) is 3.59. The third-order valence-corrected chi connectivity index (χ3v) is 3.59. The van der Waals surface area contributed by atoms with Crippen molar-refractivity contribution in [1.82, 2.24) is 5.32 Å². The van der Waals surface area contributed by atoms with Crippen LogP contribution in [0.1, 0.15) is 17.5 Å². The number of amides is 2. The molecule has 2 rings (SSSR count). The van der Waals surface area contributed by atoms with Gasteiger partial charge < -0.3 is 20.5 Å². The van der Waals surface area contributed by atoms with E-state index in [1.165, 1.54) is 0 Å². The molecule has 0 saturated carbocycles. The van der Waals surface area contributed by atoms with Crippen LogP contribution in [0.5, 0.6) is 5.75 Å². The summed E-state index contributed by atoms with van der Waals surface area (Å²) in [5.74, 6) is -0.0755. The highest BCUT2D eigenvalue weighted by Crippen LogP contribution is 2.22. The molecule has 1 saturated heterocycles. The van der Waals surface area contributed by atoms with Crippen LogP contribution in [0.3, 0.4) is 0 Å². The summed E-state index contributed by atoms with van der Waals surface area (Å²) >= 11 is 0. The molecule has 2 amide bonds. The molecule has 1 fully saturated rings. The largest absolute Gasteiger partial charge is 0.483 e. The summed E-state index contributed by atoms with van der Waals surface area (Å²) in [6.07, 6.45) is 0.0716. The van der Waals surface area contributed by atoms with E-state index in [0.29, 0.717) is 19.0 Å². The molecule has 6 heteroatoms. The zero-order chi connectivity index (χ0) is 15.5. The van der Waals surface area contributed by atoms with Crippen molar-refractivity contribution in [3.8, 4) is 5.75 Å². The van der Waals surface area contributed by atoms with Gasteiger partial charge in [0.05, 0.1) is 25.2 Å². The van der Waals surface area contributed by atoms with Crippen LogP contribution in [0.4, 0.5) is 0 Å². The van der Waals surface area contributed by atoms with E-state index in [4.69, 9.17) is 15.2 Å². The number of aryl methyl sites for hydroxylation is 1. The number of rotatable bonds is 6. The minimum absolute atomic E-state index is 0.0716. The first-order chi connectivity index (χ1) is 9.92. The highest BCUT2D eigenvalue weighted by Gasteiger charge is 2.41. The maximum absolute atomic E-state index is 12.0. The van der Waals surface area contributed by atoms with Crippen LogP contribution in [0, 0.1) is 13.8 Å². The van der Waals surface area contributed by atoms with Gasteiger partial charge in [-0.3, -0.25) is 9.59 Å². The molecule has 0 unspecified atom stereocenters. The Balaban J connectivity index is 1.90. The van der Waals surface area contributed by atoms with Gasteiger partial charge >= 0.3 is 0 Å². The lowest BCUT2D eigenvalue weighted by Gasteiger charge is -2.41. The fraction of sp³-hybridized carbons (Fsp3) is 0.467. The van der Waals surface area contributed by atoms with E-state index < -0.39 is 11.4 Å². The number of nitrogens with two attached hydrogens (primary N) is 1. The van der Waals surface area contributed by atoms with Crippen LogP contribution in [-0.4, -0.2) is 37.2 Å². The van der Waals surface area contributed by atoms with Crippen molar-refractivity contribution in [3.63, 3.8) is 0 Å². The monoisotopic (exact) mass is 292 g/mol. The molecule has 0 aromatic heterocycles. The van der Waals surface area contributed by atoms with E-state index in [2.05, 4.69) is 5.32 Å². The number of primary amides is 1. The molecule has 0 radical (unpaired) electrons. The zero-order valence-corrected chi connectivity index (χ0v) is 12.3. The van der Waals surface area contributed by atoms with Crippen LogP contribution >= 0.6 is 0 Å². The Morgan fingerprint density at radius 1 is 1.38 bits per heavy atom. The number of hydrogen-bond donors (Lipinski definition) is 2. The minimum Gasteiger partial charge on any atom is -0.483 e. The van der Waals surface area contributed by atoms with E-state index in [1.54, 1.807) is 0 Å². The van der Waals surface area contributed by atoms with Crippen molar-refractivity contribution in [1.29, 1.82) is 0 Å². The SMILES string of the molecule is Cc1cccc(OCC(=O)NC2(CC(N)=O)COC2)c1C. The van der Waals surface area contributed by atoms with Crippen molar-refractivity contribution in [2.45, 2.75) is 25.8 Å². The fourth-order valence-corrected chi connectivity index (χ4v) is 2.26. The maximum atomic E-state index is 12.0. The molecular formula is C15H20N2O4. The summed E-state index contributed by atoms with van der Waals surface area (Å²) < 4.78 is 10.6. The summed E-state index contributed by atoms with van der Waals surface area (Å²) in [7, 11) is 0. The molecule has 1 heterocycles. The van der Waals surface area contributed by atoms with Crippen LogP contribution in [0.15, 0.2) is 18.2 Å². The van der Waals surface area contributed by atoms with Gasteiger partial charge in [0.1, 0.15) is 5.75 Å². The maximum Gasteiger partial charge on any atom is 0.258 e. The van der Waals surface area contributed by atoms with Crippen molar-refractivity contribution >= 4 is 11.8 Å². The van der Waals surface area contributed by atoms with Gasteiger partial charge in [-0.1, -0.05) is 12.1 Å². The number of carbonyl (C=O) groups excluding carboxylic acids is 2. The Bertz CT molecular complexity index is 553. The van der Waals surface area contributed by atoms with E-state index >= 15 is 0 Å². The summed E-state index contributed by atoms with van der Waals surface area (Å²) in [5.41, 5.74) is 6.62. The van der Waals surface area contributed by atoms with E-state index in [9.17, 15) is 9.59 Å². The lowest BCUT2D eigenvalue weighted by atomic mass is 9.92. The molecule has 0 spiro atoms. The van der Waals surface area contributed by atoms with Gasteiger partial charge in [0.2, 0.25) is 5.91 Å². The van der Waals surface area contributed by atoms with E-state index in [-0.39, 0.29) is 18.9 Å². The minimum atomic E-state index is -0.673. The second-order valence-corrected chi connectivity index (χ2v) is 5.45. The molecule has 1 aromatic rings. The van der Waals surface area contributed by atoms with Crippen LogP contribution in [0.25, 0.3) is 0 Å². The van der Waals surface area contributed by atoms with Crippen molar-refractivity contribution < 1.29 is 19.1 Å². The predicted octanol–water partition coefficient (Wildman–Crippen LogP) is 0.443. The lowest BCUT2D eigenvalue weighted by molar-refractivity contribution is -0.139. The smallest absolute Gasteiger partial charge is 0.258 e. The molecule has 0 aliphatic carbocycles. The van der Waals surface area contributed by atoms with Gasteiger partial charge in [0.15, 0.2) is 6.61 Å². The highest BCUT2D eigenvalue weighted by atomic mass is 16.5. The summed E-state index contributed by atoms with van der Waals surface area (Å²) in [6, 6.07) is 5.68. The molecule has 0 atom stereocenters. The Kier molecular flexibility index (Phi) is 4.47. The first kappa shape index (κ1) is 15.3. The van der Waals surface area contributed by atoms with Crippen molar-refractivity contribution in [3.05, 3.63) is 29.3 Å². The van der Waals surface area contributed by atoms with Gasteiger partial charge in [-0.2, -0.15) is 0 Å². The number of nitrogens with one attached hydrogen (secondary N) is 1. The van der Waals surface area contributed by atoms with Crippen molar-refractivity contribution in [2.24, 2.45) is 5.73 Å². The Morgan fingerprint density at radius 3 is 2.67 bits per heavy atom. The third kappa shape index (κ3) is 3.72. The van der Waals surface area contributed by atoms with Gasteiger partial charge in [0.25, 0.3) is 5.91 Å². The molecular weight excluding hydrogens is 272 g/mol. The van der Waals surface area contributed by atoms with Gasteiger partial charge in [-0.05, 0) is 31.0 Å². The standard InChI is InChI=1S/C15H20N2O4/c1-10-4-3-5-12(11(10)2)21-7-14(19)17-15(6-13(16)18)8-20-9-15/h3-5H,6-9H2,1-2H3,(H2,16,18)(H,17,19). The fourth-order valence-electron chi connectivity index (χ4n) is 2.26. The molecule has 0 bridgehead atoms. The molecule has 114 valence electrons. The highest BCUT2D eigenvalue weighted by molar-refractivity contribution is 5.81. The van der Waals surface area contributed by atoms with Gasteiger partial charge in [-0.15, -0.1) is 0 Å². The average molecular weight is 292 g/mol. The first-order valence-electron chi connectivity index (χ1n) is 6.78. The van der Waals surface area contributed by atoms with E-state index in [1.807, 2.05) is 32.0 Å². The van der Waals surface area contributed by atoms with E-state index in [0.717, 1.165) is 11.1 Å². The van der Waals surface area contributed by atoms with Crippen LogP contribution in [0.2, 0.25) is 0 Å². The van der Waals surface area contributed by atoms with Gasteiger partial charge in [-0.25, -0.2) is 0 Å². The predicted molar refractivity (Wildman–Crippen MR) is 76.9 cm³/mol. The van der Waals surface area contributed by atoms with Crippen LogP contribution < -0.4 is 15.8 Å². The molecule has 3 N–H and O–H groups in total. The second kappa shape index (κ2) is 6.13. The number of benzene rings is 1. The summed E-state index contributed by atoms with van der Waals surface area (Å²) in [5, 5.41) is 2.78. The molecule has 21 heavy (non-hydrogen) atoms. The number of ether oxygens (including phenoxy) is 2.